The highest BCUT2D eigenvalue weighted by Crippen LogP contribution is 2.13. The van der Waals surface area contributed by atoms with E-state index in [1.54, 1.807) is 0 Å². The van der Waals surface area contributed by atoms with Crippen molar-refractivity contribution in [2.45, 2.75) is 33.9 Å². The van der Waals surface area contributed by atoms with E-state index in [0.717, 1.165) is 18.1 Å². The summed E-state index contributed by atoms with van der Waals surface area (Å²) in [6.07, 6.45) is 0. The van der Waals surface area contributed by atoms with Crippen LogP contribution in [0.4, 0.5) is 11.8 Å². The van der Waals surface area contributed by atoms with E-state index in [1.807, 2.05) is 13.0 Å². The lowest BCUT2D eigenvalue weighted by Gasteiger charge is -2.11. The van der Waals surface area contributed by atoms with Gasteiger partial charge in [-0.3, -0.25) is 0 Å². The van der Waals surface area contributed by atoms with Gasteiger partial charge in [-0.25, -0.2) is 4.98 Å². The van der Waals surface area contributed by atoms with Gasteiger partial charge in [-0.2, -0.15) is 4.98 Å². The summed E-state index contributed by atoms with van der Waals surface area (Å²) in [4.78, 5) is 9.05. The Morgan fingerprint density at radius 3 is 1.92 bits per heavy atom. The summed E-state index contributed by atoms with van der Waals surface area (Å²) in [7, 11) is 0. The molecule has 0 spiro atoms. The van der Waals surface area contributed by atoms with Crippen LogP contribution in [0.2, 0.25) is 0 Å². The van der Waals surface area contributed by atoms with Crippen molar-refractivity contribution in [3.8, 4) is 0 Å². The smallest absolute Gasteiger partial charge is 0.225 e. The molecule has 0 saturated carbocycles. The second-order valence-electron chi connectivity index (χ2n) is 6.40. The van der Waals surface area contributed by atoms with Gasteiger partial charge in [-0.15, -0.1) is 0 Å². The Bertz CT molecular complexity index is 790. The van der Waals surface area contributed by atoms with E-state index in [9.17, 15) is 0 Å². The Balaban J connectivity index is 1.65. The summed E-state index contributed by atoms with van der Waals surface area (Å²) >= 11 is 0. The first-order valence-electron chi connectivity index (χ1n) is 8.53. The van der Waals surface area contributed by atoms with Crippen LogP contribution in [0.15, 0.2) is 54.6 Å². The van der Waals surface area contributed by atoms with Gasteiger partial charge in [0.25, 0.3) is 0 Å². The molecular formula is C21H24N4. The van der Waals surface area contributed by atoms with Gasteiger partial charge in [0.1, 0.15) is 5.82 Å². The second kappa shape index (κ2) is 7.79. The molecule has 0 unspecified atom stereocenters. The van der Waals surface area contributed by atoms with E-state index >= 15 is 0 Å². The normalized spacial score (nSPS) is 10.5. The van der Waals surface area contributed by atoms with Crippen LogP contribution in [-0.4, -0.2) is 9.97 Å². The molecule has 128 valence electrons. The quantitative estimate of drug-likeness (QED) is 0.691. The summed E-state index contributed by atoms with van der Waals surface area (Å²) in [6.45, 7) is 7.64. The molecule has 2 aromatic carbocycles. The van der Waals surface area contributed by atoms with E-state index in [-0.39, 0.29) is 0 Å². The maximum absolute atomic E-state index is 4.58. The summed E-state index contributed by atoms with van der Waals surface area (Å²) in [5, 5.41) is 6.70. The topological polar surface area (TPSA) is 49.8 Å². The van der Waals surface area contributed by atoms with E-state index in [1.165, 1.54) is 22.3 Å². The van der Waals surface area contributed by atoms with Crippen LogP contribution in [0, 0.1) is 20.8 Å². The fraction of sp³-hybridized carbons (Fsp3) is 0.238. The number of hydrogen-bond donors (Lipinski definition) is 2. The van der Waals surface area contributed by atoms with Crippen molar-refractivity contribution in [1.29, 1.82) is 0 Å². The van der Waals surface area contributed by atoms with Crippen LogP contribution < -0.4 is 10.6 Å². The van der Waals surface area contributed by atoms with Crippen molar-refractivity contribution in [3.63, 3.8) is 0 Å². The molecular weight excluding hydrogens is 308 g/mol. The van der Waals surface area contributed by atoms with Crippen molar-refractivity contribution in [2.75, 3.05) is 10.6 Å². The van der Waals surface area contributed by atoms with Crippen molar-refractivity contribution in [2.24, 2.45) is 0 Å². The highest BCUT2D eigenvalue weighted by molar-refractivity contribution is 5.43. The molecule has 0 radical (unpaired) electrons. The van der Waals surface area contributed by atoms with Gasteiger partial charge >= 0.3 is 0 Å². The van der Waals surface area contributed by atoms with Crippen LogP contribution in [0.25, 0.3) is 0 Å². The third-order valence-electron chi connectivity index (χ3n) is 3.94. The van der Waals surface area contributed by atoms with Crippen LogP contribution >= 0.6 is 0 Å². The van der Waals surface area contributed by atoms with Gasteiger partial charge in [0.2, 0.25) is 5.95 Å². The number of rotatable bonds is 6. The average Bonchev–Trinajstić information content (AvgIpc) is 2.58. The molecule has 0 saturated heterocycles. The van der Waals surface area contributed by atoms with Crippen LogP contribution in [-0.2, 0) is 13.1 Å². The standard InChI is InChI=1S/C21H24N4/c1-15-6-4-8-18(10-15)13-22-20-12-17(3)24-21(25-20)23-14-19-9-5-7-16(2)11-19/h4-12H,13-14H2,1-3H3,(H2,22,23,24,25). The zero-order valence-corrected chi connectivity index (χ0v) is 15.0. The molecule has 1 aromatic heterocycles. The minimum Gasteiger partial charge on any atom is -0.366 e. The Morgan fingerprint density at radius 1 is 0.720 bits per heavy atom. The number of benzene rings is 2. The number of hydrogen-bond acceptors (Lipinski definition) is 4. The Labute approximate surface area is 149 Å². The third-order valence-corrected chi connectivity index (χ3v) is 3.94. The summed E-state index contributed by atoms with van der Waals surface area (Å²) in [5.74, 6) is 1.48. The molecule has 0 bridgehead atoms. The van der Waals surface area contributed by atoms with Gasteiger partial charge in [0.05, 0.1) is 0 Å². The predicted molar refractivity (Wildman–Crippen MR) is 104 cm³/mol. The minimum atomic E-state index is 0.647. The van der Waals surface area contributed by atoms with Crippen molar-refractivity contribution < 1.29 is 0 Å². The van der Waals surface area contributed by atoms with Crippen molar-refractivity contribution in [1.82, 2.24) is 9.97 Å². The average molecular weight is 332 g/mol. The SMILES string of the molecule is Cc1cccc(CNc2cc(C)nc(NCc3cccc(C)c3)n2)c1. The molecule has 1 heterocycles. The molecule has 3 rings (SSSR count). The molecule has 0 aliphatic heterocycles. The van der Waals surface area contributed by atoms with Gasteiger partial charge in [-0.1, -0.05) is 59.7 Å². The molecule has 4 heteroatoms. The lowest BCUT2D eigenvalue weighted by molar-refractivity contribution is 1.01. The first kappa shape index (κ1) is 17.0. The van der Waals surface area contributed by atoms with Crippen molar-refractivity contribution in [3.05, 3.63) is 82.5 Å². The lowest BCUT2D eigenvalue weighted by Crippen LogP contribution is -2.08. The highest BCUT2D eigenvalue weighted by atomic mass is 15.1. The summed E-state index contributed by atoms with van der Waals surface area (Å²) in [5.41, 5.74) is 5.92. The van der Waals surface area contributed by atoms with Gasteiger partial charge in [-0.05, 0) is 31.9 Å². The molecule has 0 aliphatic rings. The monoisotopic (exact) mass is 332 g/mol. The Morgan fingerprint density at radius 2 is 1.32 bits per heavy atom. The van der Waals surface area contributed by atoms with Gasteiger partial charge < -0.3 is 10.6 Å². The minimum absolute atomic E-state index is 0.647. The second-order valence-corrected chi connectivity index (χ2v) is 6.40. The fourth-order valence-electron chi connectivity index (χ4n) is 2.76. The molecule has 0 fully saturated rings. The zero-order valence-electron chi connectivity index (χ0n) is 15.0. The number of aryl methyl sites for hydroxylation is 3. The molecule has 0 aliphatic carbocycles. The van der Waals surface area contributed by atoms with Crippen LogP contribution in [0.1, 0.15) is 27.9 Å². The molecule has 0 amide bonds. The van der Waals surface area contributed by atoms with Crippen LogP contribution in [0.3, 0.4) is 0 Å². The first-order chi connectivity index (χ1) is 12.1. The van der Waals surface area contributed by atoms with E-state index in [4.69, 9.17) is 0 Å². The summed E-state index contributed by atoms with van der Waals surface area (Å²) < 4.78 is 0. The maximum Gasteiger partial charge on any atom is 0.225 e. The van der Waals surface area contributed by atoms with E-state index in [0.29, 0.717) is 12.5 Å². The molecule has 2 N–H and O–H groups in total. The zero-order chi connectivity index (χ0) is 17.6. The molecule has 3 aromatic rings. The molecule has 4 nitrogen and oxygen atoms in total. The number of anilines is 2. The molecule has 0 atom stereocenters. The number of aromatic nitrogens is 2. The highest BCUT2D eigenvalue weighted by Gasteiger charge is 2.03. The van der Waals surface area contributed by atoms with Gasteiger partial charge in [0.15, 0.2) is 0 Å². The lowest BCUT2D eigenvalue weighted by atomic mass is 10.1. The third kappa shape index (κ3) is 5.05. The number of nitrogens with zero attached hydrogens (tertiary/aromatic N) is 2. The van der Waals surface area contributed by atoms with Gasteiger partial charge in [0, 0.05) is 24.8 Å². The fourth-order valence-corrected chi connectivity index (χ4v) is 2.76. The van der Waals surface area contributed by atoms with Crippen molar-refractivity contribution >= 4 is 11.8 Å². The predicted octanol–water partition coefficient (Wildman–Crippen LogP) is 4.63. The first-order valence-corrected chi connectivity index (χ1v) is 8.53. The number of nitrogens with one attached hydrogen (secondary N) is 2. The molecule has 25 heavy (non-hydrogen) atoms. The Kier molecular flexibility index (Phi) is 5.29. The maximum atomic E-state index is 4.58. The van der Waals surface area contributed by atoms with E-state index in [2.05, 4.69) is 83.0 Å². The van der Waals surface area contributed by atoms with E-state index < -0.39 is 0 Å². The largest absolute Gasteiger partial charge is 0.366 e. The van der Waals surface area contributed by atoms with Crippen LogP contribution in [0.5, 0.6) is 0 Å². The summed E-state index contributed by atoms with van der Waals surface area (Å²) in [6, 6.07) is 18.9. The Hall–Kier alpha value is -2.88.